The van der Waals surface area contributed by atoms with Crippen LogP contribution in [0.25, 0.3) is 0 Å². The second kappa shape index (κ2) is 5.24. The van der Waals surface area contributed by atoms with E-state index in [4.69, 9.17) is 0 Å². The van der Waals surface area contributed by atoms with E-state index in [0.29, 0.717) is 25.9 Å². The third kappa shape index (κ3) is 4.45. The molecule has 0 saturated carbocycles. The minimum Gasteiger partial charge on any atom is -0.272 e. The molecule has 0 aliphatic carbocycles. The fourth-order valence-corrected chi connectivity index (χ4v) is 2.78. The molecule has 0 bridgehead atoms. The number of sulfonamides is 1. The van der Waals surface area contributed by atoms with E-state index in [1.165, 1.54) is 10.6 Å². The average Bonchev–Trinajstić information content (AvgIpc) is 2.14. The summed E-state index contributed by atoms with van der Waals surface area (Å²) in [6.45, 7) is 1.06. The maximum absolute atomic E-state index is 11.2. The minimum atomic E-state index is -3.11. The van der Waals surface area contributed by atoms with Gasteiger partial charge in [0.05, 0.1) is 12.9 Å². The van der Waals surface area contributed by atoms with Gasteiger partial charge in [0.25, 0.3) is 11.0 Å². The highest BCUT2D eigenvalue weighted by Gasteiger charge is 2.24. The fraction of sp³-hybridized carbons (Fsp3) is 1.00. The molecule has 1 rings (SSSR count). The van der Waals surface area contributed by atoms with Crippen LogP contribution in [-0.2, 0) is 25.2 Å². The Hall–Kier alpha value is -0.180. The van der Waals surface area contributed by atoms with Crippen molar-refractivity contribution < 1.29 is 21.0 Å². The van der Waals surface area contributed by atoms with Gasteiger partial charge >= 0.3 is 0 Å². The van der Waals surface area contributed by atoms with E-state index in [9.17, 15) is 16.8 Å². The lowest BCUT2D eigenvalue weighted by atomic mass is 10.00. The lowest BCUT2D eigenvalue weighted by Crippen LogP contribution is -2.38. The van der Waals surface area contributed by atoms with Crippen molar-refractivity contribution in [3.63, 3.8) is 0 Å². The van der Waals surface area contributed by atoms with Crippen LogP contribution in [0, 0.1) is 5.92 Å². The normalized spacial score (nSPS) is 20.9. The number of rotatable bonds is 4. The van der Waals surface area contributed by atoms with Gasteiger partial charge in [-0.25, -0.2) is 21.1 Å². The maximum atomic E-state index is 11.2. The molecule has 1 aliphatic rings. The van der Waals surface area contributed by atoms with Gasteiger partial charge in [0.2, 0.25) is 10.0 Å². The van der Waals surface area contributed by atoms with Crippen LogP contribution < -0.4 is 0 Å². The molecule has 0 radical (unpaired) electrons. The number of hydrogen-bond acceptors (Lipinski definition) is 5. The van der Waals surface area contributed by atoms with Gasteiger partial charge in [-0.15, -0.1) is 0 Å². The van der Waals surface area contributed by atoms with Crippen molar-refractivity contribution in [1.82, 2.24) is 4.31 Å². The fourth-order valence-electron chi connectivity index (χ4n) is 1.57. The summed E-state index contributed by atoms with van der Waals surface area (Å²) in [4.78, 5) is 0. The molecular weight excluding hydrogens is 242 g/mol. The molecule has 0 aromatic carbocycles. The average molecular weight is 257 g/mol. The molecule has 0 N–H and O–H groups in total. The van der Waals surface area contributed by atoms with Crippen molar-refractivity contribution in [1.29, 1.82) is 0 Å². The van der Waals surface area contributed by atoms with E-state index in [1.54, 1.807) is 0 Å². The highest BCUT2D eigenvalue weighted by Crippen LogP contribution is 2.19. The molecule has 8 heteroatoms. The van der Waals surface area contributed by atoms with Crippen molar-refractivity contribution in [3.05, 3.63) is 0 Å². The highest BCUT2D eigenvalue weighted by molar-refractivity contribution is 7.88. The molecule has 1 fully saturated rings. The van der Waals surface area contributed by atoms with E-state index in [0.717, 1.165) is 0 Å². The largest absolute Gasteiger partial charge is 0.272 e. The lowest BCUT2D eigenvalue weighted by Gasteiger charge is -2.29. The first-order chi connectivity index (χ1) is 6.89. The third-order valence-electron chi connectivity index (χ3n) is 2.46. The van der Waals surface area contributed by atoms with Gasteiger partial charge in [-0.05, 0) is 18.8 Å². The Balaban J connectivity index is 2.36. The Morgan fingerprint density at radius 1 is 1.33 bits per heavy atom. The molecule has 0 aromatic rings. The standard InChI is InChI=1S/C7H15NO5S2/c1-15(11,12)8-4-2-7(3-5-8)6-13-14(9)10/h7,14H,2-6H2,1H3. The Labute approximate surface area is 91.4 Å². The van der Waals surface area contributed by atoms with E-state index in [-0.39, 0.29) is 12.5 Å². The Bertz CT molecular complexity index is 359. The number of hydrogen-bond donors (Lipinski definition) is 1. The summed E-state index contributed by atoms with van der Waals surface area (Å²) in [5, 5.41) is 0. The zero-order valence-electron chi connectivity index (χ0n) is 8.46. The summed E-state index contributed by atoms with van der Waals surface area (Å²) in [7, 11) is -5.90. The summed E-state index contributed by atoms with van der Waals surface area (Å²) < 4.78 is 48.6. The molecule has 0 unspecified atom stereocenters. The van der Waals surface area contributed by atoms with Crippen LogP contribution in [0.15, 0.2) is 0 Å². The van der Waals surface area contributed by atoms with Gasteiger partial charge in [0.15, 0.2) is 0 Å². The molecule has 1 heterocycles. The monoisotopic (exact) mass is 257 g/mol. The SMILES string of the molecule is CS(=O)(=O)N1CCC(CO[SH](=O)=O)CC1. The summed E-state index contributed by atoms with van der Waals surface area (Å²) in [6.07, 6.45) is 2.48. The summed E-state index contributed by atoms with van der Waals surface area (Å²) in [5.41, 5.74) is 0. The van der Waals surface area contributed by atoms with Crippen molar-refractivity contribution in [3.8, 4) is 0 Å². The number of piperidine rings is 1. The lowest BCUT2D eigenvalue weighted by molar-refractivity contribution is 0.194. The third-order valence-corrected chi connectivity index (χ3v) is 4.12. The first kappa shape index (κ1) is 12.9. The van der Waals surface area contributed by atoms with Crippen molar-refractivity contribution in [2.75, 3.05) is 26.0 Å². The topological polar surface area (TPSA) is 80.8 Å². The second-order valence-corrected chi connectivity index (χ2v) is 6.31. The van der Waals surface area contributed by atoms with Gasteiger partial charge in [-0.2, -0.15) is 0 Å². The molecule has 90 valence electrons. The maximum Gasteiger partial charge on any atom is 0.257 e. The Morgan fingerprint density at radius 2 is 1.87 bits per heavy atom. The molecule has 0 amide bonds. The molecule has 0 spiro atoms. The van der Waals surface area contributed by atoms with Crippen LogP contribution in [-0.4, -0.2) is 47.1 Å². The van der Waals surface area contributed by atoms with Crippen LogP contribution in [0.1, 0.15) is 12.8 Å². The molecule has 1 aliphatic heterocycles. The van der Waals surface area contributed by atoms with Crippen LogP contribution in [0.2, 0.25) is 0 Å². The smallest absolute Gasteiger partial charge is 0.257 e. The second-order valence-electron chi connectivity index (χ2n) is 3.62. The molecule has 1 saturated heterocycles. The van der Waals surface area contributed by atoms with Gasteiger partial charge in [-0.1, -0.05) is 0 Å². The highest BCUT2D eigenvalue weighted by atomic mass is 32.2. The molecule has 0 aromatic heterocycles. The van der Waals surface area contributed by atoms with Crippen molar-refractivity contribution >= 4 is 21.0 Å². The quantitative estimate of drug-likeness (QED) is 0.667. The first-order valence-electron chi connectivity index (χ1n) is 4.62. The van der Waals surface area contributed by atoms with Crippen molar-refractivity contribution in [2.45, 2.75) is 12.8 Å². The summed E-state index contributed by atoms with van der Waals surface area (Å²) in [5.74, 6) is 0.135. The predicted molar refractivity (Wildman–Crippen MR) is 55.4 cm³/mol. The molecule has 0 atom stereocenters. The van der Waals surface area contributed by atoms with E-state index in [2.05, 4.69) is 4.18 Å². The Kier molecular flexibility index (Phi) is 4.50. The zero-order chi connectivity index (χ0) is 11.5. The van der Waals surface area contributed by atoms with Crippen molar-refractivity contribution in [2.24, 2.45) is 5.92 Å². The van der Waals surface area contributed by atoms with E-state index in [1.807, 2.05) is 0 Å². The minimum absolute atomic E-state index is 0.135. The van der Waals surface area contributed by atoms with Crippen LogP contribution in [0.5, 0.6) is 0 Å². The van der Waals surface area contributed by atoms with E-state index < -0.39 is 21.0 Å². The van der Waals surface area contributed by atoms with Crippen LogP contribution >= 0.6 is 0 Å². The summed E-state index contributed by atoms with van der Waals surface area (Å²) >= 11 is 0. The van der Waals surface area contributed by atoms with Crippen LogP contribution in [0.4, 0.5) is 0 Å². The summed E-state index contributed by atoms with van der Waals surface area (Å²) in [6, 6.07) is 0. The van der Waals surface area contributed by atoms with Gasteiger partial charge in [0.1, 0.15) is 0 Å². The van der Waals surface area contributed by atoms with E-state index >= 15 is 0 Å². The van der Waals surface area contributed by atoms with Gasteiger partial charge < -0.3 is 0 Å². The number of nitrogens with zero attached hydrogens (tertiary/aromatic N) is 1. The van der Waals surface area contributed by atoms with Gasteiger partial charge in [0, 0.05) is 13.1 Å². The zero-order valence-corrected chi connectivity index (χ0v) is 10.2. The predicted octanol–water partition coefficient (Wildman–Crippen LogP) is -0.799. The van der Waals surface area contributed by atoms with Crippen LogP contribution in [0.3, 0.4) is 0 Å². The molecule has 15 heavy (non-hydrogen) atoms. The first-order valence-corrected chi connectivity index (χ1v) is 7.56. The van der Waals surface area contributed by atoms with Gasteiger partial charge in [-0.3, -0.25) is 4.18 Å². The molecule has 6 nitrogen and oxygen atoms in total. The Morgan fingerprint density at radius 3 is 2.27 bits per heavy atom. The molecular formula is C7H15NO5S2. The number of thiol groups is 1.